The summed E-state index contributed by atoms with van der Waals surface area (Å²) in [6.45, 7) is 3.73. The minimum atomic E-state index is 0.616. The van der Waals surface area contributed by atoms with Gasteiger partial charge in [0.15, 0.2) is 5.65 Å². The third-order valence-electron chi connectivity index (χ3n) is 2.96. The number of aromatic nitrogens is 5. The number of nitrogens with one attached hydrogen (secondary N) is 3. The maximum absolute atomic E-state index is 4.52. The molecule has 0 fully saturated rings. The fraction of sp³-hybridized carbons (Fsp3) is 0.385. The number of hydrogen-bond acceptors (Lipinski definition) is 7. The van der Waals surface area contributed by atoms with Crippen LogP contribution in [0.1, 0.15) is 18.4 Å². The van der Waals surface area contributed by atoms with Gasteiger partial charge in [-0.3, -0.25) is 5.10 Å². The number of rotatable bonds is 7. The summed E-state index contributed by atoms with van der Waals surface area (Å²) in [5.74, 6) is 1.41. The quantitative estimate of drug-likeness (QED) is 0.620. The topological polar surface area (TPSA) is 91.4 Å². The maximum Gasteiger partial charge on any atom is 0.226 e. The van der Waals surface area contributed by atoms with Crippen molar-refractivity contribution < 1.29 is 0 Å². The summed E-state index contributed by atoms with van der Waals surface area (Å²) < 4.78 is 0. The summed E-state index contributed by atoms with van der Waals surface area (Å²) in [6.07, 6.45) is 5.46. The Labute approximate surface area is 126 Å². The number of thiazole rings is 1. The molecule has 0 radical (unpaired) electrons. The van der Waals surface area contributed by atoms with Crippen LogP contribution in [0.4, 0.5) is 11.8 Å². The summed E-state index contributed by atoms with van der Waals surface area (Å²) in [6, 6.07) is 0. The lowest BCUT2D eigenvalue weighted by atomic mass is 10.3. The predicted octanol–water partition coefficient (Wildman–Crippen LogP) is 2.29. The highest BCUT2D eigenvalue weighted by Crippen LogP contribution is 2.20. The summed E-state index contributed by atoms with van der Waals surface area (Å²) >= 11 is 1.66. The van der Waals surface area contributed by atoms with E-state index in [0.29, 0.717) is 5.95 Å². The Morgan fingerprint density at radius 2 is 2.19 bits per heavy atom. The molecule has 0 aliphatic heterocycles. The van der Waals surface area contributed by atoms with Crippen molar-refractivity contribution in [3.63, 3.8) is 0 Å². The van der Waals surface area contributed by atoms with E-state index < -0.39 is 0 Å². The van der Waals surface area contributed by atoms with Gasteiger partial charge in [-0.15, -0.1) is 11.3 Å². The maximum atomic E-state index is 4.52. The zero-order valence-electron chi connectivity index (χ0n) is 11.8. The van der Waals surface area contributed by atoms with Crippen molar-refractivity contribution in [3.05, 3.63) is 22.8 Å². The molecule has 0 spiro atoms. The van der Waals surface area contributed by atoms with Gasteiger partial charge in [-0.2, -0.15) is 15.1 Å². The molecular weight excluding hydrogens is 286 g/mol. The van der Waals surface area contributed by atoms with Gasteiger partial charge < -0.3 is 10.6 Å². The molecule has 3 heterocycles. The monoisotopic (exact) mass is 303 g/mol. The van der Waals surface area contributed by atoms with Gasteiger partial charge in [0.2, 0.25) is 5.95 Å². The Morgan fingerprint density at radius 1 is 1.24 bits per heavy atom. The molecule has 0 aromatic carbocycles. The molecule has 0 aliphatic carbocycles. The van der Waals surface area contributed by atoms with Crippen LogP contribution in [-0.2, 0) is 6.42 Å². The van der Waals surface area contributed by atoms with Gasteiger partial charge in [-0.05, 0) is 6.42 Å². The van der Waals surface area contributed by atoms with Crippen molar-refractivity contribution in [1.29, 1.82) is 0 Å². The molecule has 8 heteroatoms. The van der Waals surface area contributed by atoms with Crippen molar-refractivity contribution in [2.24, 2.45) is 0 Å². The smallest absolute Gasteiger partial charge is 0.226 e. The number of nitrogens with zero attached hydrogens (tertiary/aromatic N) is 4. The summed E-state index contributed by atoms with van der Waals surface area (Å²) in [7, 11) is 0. The Balaban J connectivity index is 1.74. The highest BCUT2D eigenvalue weighted by molar-refractivity contribution is 7.09. The second-order valence-electron chi connectivity index (χ2n) is 4.56. The van der Waals surface area contributed by atoms with Crippen LogP contribution in [0, 0.1) is 0 Å². The molecule has 3 N–H and O–H groups in total. The Hall–Kier alpha value is -2.22. The van der Waals surface area contributed by atoms with Crippen molar-refractivity contribution >= 4 is 34.1 Å². The normalized spacial score (nSPS) is 10.9. The SMILES string of the molecule is CCCNc1nc(NCCc2nccs2)c2cn[nH]c2n1. The first-order valence-corrected chi connectivity index (χ1v) is 7.82. The third kappa shape index (κ3) is 3.27. The van der Waals surface area contributed by atoms with E-state index >= 15 is 0 Å². The van der Waals surface area contributed by atoms with Gasteiger partial charge in [0.05, 0.1) is 16.6 Å². The van der Waals surface area contributed by atoms with Gasteiger partial charge >= 0.3 is 0 Å². The molecule has 0 saturated carbocycles. The molecule has 0 atom stereocenters. The van der Waals surface area contributed by atoms with Crippen LogP contribution in [0.25, 0.3) is 11.0 Å². The first-order chi connectivity index (χ1) is 10.4. The fourth-order valence-electron chi connectivity index (χ4n) is 1.95. The van der Waals surface area contributed by atoms with Crippen molar-refractivity contribution in [2.45, 2.75) is 19.8 Å². The molecule has 0 saturated heterocycles. The van der Waals surface area contributed by atoms with E-state index in [1.165, 1.54) is 0 Å². The number of aromatic amines is 1. The summed E-state index contributed by atoms with van der Waals surface area (Å²) in [5.41, 5.74) is 0.736. The zero-order valence-corrected chi connectivity index (χ0v) is 12.6. The van der Waals surface area contributed by atoms with Gasteiger partial charge in [0.25, 0.3) is 0 Å². The highest BCUT2D eigenvalue weighted by atomic mass is 32.1. The molecule has 7 nitrogen and oxygen atoms in total. The minimum absolute atomic E-state index is 0.616. The number of fused-ring (bicyclic) bond motifs is 1. The molecule has 110 valence electrons. The van der Waals surface area contributed by atoms with E-state index in [0.717, 1.165) is 47.8 Å². The summed E-state index contributed by atoms with van der Waals surface area (Å²) in [4.78, 5) is 13.2. The first kappa shape index (κ1) is 13.7. The van der Waals surface area contributed by atoms with Gasteiger partial charge in [-0.1, -0.05) is 6.92 Å². The fourth-order valence-corrected chi connectivity index (χ4v) is 2.57. The highest BCUT2D eigenvalue weighted by Gasteiger charge is 2.09. The lowest BCUT2D eigenvalue weighted by Crippen LogP contribution is -2.10. The average molecular weight is 303 g/mol. The standard InChI is InChI=1S/C13H17N7S/c1-2-4-16-13-18-11(9-8-17-20-12(9)19-13)15-5-3-10-14-6-7-21-10/h6-8H,2-5H2,1H3,(H3,15,16,17,18,19,20). The molecule has 0 bridgehead atoms. The Bertz CT molecular complexity index is 692. The Kier molecular flexibility index (Phi) is 4.25. The van der Waals surface area contributed by atoms with Gasteiger partial charge in [0, 0.05) is 31.1 Å². The number of H-pyrrole nitrogens is 1. The van der Waals surface area contributed by atoms with Crippen LogP contribution < -0.4 is 10.6 Å². The molecular formula is C13H17N7S. The minimum Gasteiger partial charge on any atom is -0.369 e. The van der Waals surface area contributed by atoms with Crippen LogP contribution in [0.3, 0.4) is 0 Å². The third-order valence-corrected chi connectivity index (χ3v) is 3.80. The van der Waals surface area contributed by atoms with E-state index in [1.54, 1.807) is 17.5 Å². The van der Waals surface area contributed by atoms with Crippen LogP contribution >= 0.6 is 11.3 Å². The lowest BCUT2D eigenvalue weighted by molar-refractivity contribution is 0.949. The first-order valence-electron chi connectivity index (χ1n) is 6.94. The average Bonchev–Trinajstić information content (AvgIpc) is 3.15. The van der Waals surface area contributed by atoms with Crippen molar-refractivity contribution in [1.82, 2.24) is 25.1 Å². The molecule has 0 amide bonds. The molecule has 3 rings (SSSR count). The Morgan fingerprint density at radius 3 is 3.00 bits per heavy atom. The lowest BCUT2D eigenvalue weighted by Gasteiger charge is -2.08. The van der Waals surface area contributed by atoms with Gasteiger partial charge in [0.1, 0.15) is 5.82 Å². The zero-order chi connectivity index (χ0) is 14.5. The second kappa shape index (κ2) is 6.49. The van der Waals surface area contributed by atoms with E-state index in [2.05, 4.69) is 42.7 Å². The van der Waals surface area contributed by atoms with E-state index in [1.807, 2.05) is 11.6 Å². The second-order valence-corrected chi connectivity index (χ2v) is 5.54. The van der Waals surface area contributed by atoms with Crippen LogP contribution in [0.5, 0.6) is 0 Å². The van der Waals surface area contributed by atoms with E-state index in [9.17, 15) is 0 Å². The largest absolute Gasteiger partial charge is 0.369 e. The van der Waals surface area contributed by atoms with E-state index in [-0.39, 0.29) is 0 Å². The molecule has 0 unspecified atom stereocenters. The van der Waals surface area contributed by atoms with Gasteiger partial charge in [-0.25, -0.2) is 4.98 Å². The molecule has 0 aliphatic rings. The molecule has 3 aromatic rings. The number of hydrogen-bond donors (Lipinski definition) is 3. The van der Waals surface area contributed by atoms with Crippen LogP contribution in [0.15, 0.2) is 17.8 Å². The van der Waals surface area contributed by atoms with Crippen molar-refractivity contribution in [2.75, 3.05) is 23.7 Å². The number of anilines is 2. The summed E-state index contributed by atoms with van der Waals surface area (Å²) in [5, 5.41) is 17.5. The van der Waals surface area contributed by atoms with E-state index in [4.69, 9.17) is 0 Å². The van der Waals surface area contributed by atoms with Crippen LogP contribution in [0.2, 0.25) is 0 Å². The molecule has 21 heavy (non-hydrogen) atoms. The van der Waals surface area contributed by atoms with Crippen molar-refractivity contribution in [3.8, 4) is 0 Å². The van der Waals surface area contributed by atoms with Crippen LogP contribution in [-0.4, -0.2) is 38.2 Å². The molecule has 3 aromatic heterocycles. The predicted molar refractivity (Wildman–Crippen MR) is 84.8 cm³/mol.